The molecule has 0 aliphatic heterocycles. The molecule has 204 valence electrons. The summed E-state index contributed by atoms with van der Waals surface area (Å²) >= 11 is 0. The number of aromatic nitrogens is 4. The van der Waals surface area contributed by atoms with E-state index in [0.717, 1.165) is 22.3 Å². The topological polar surface area (TPSA) is 94.0 Å². The third-order valence-corrected chi connectivity index (χ3v) is 6.03. The number of pyridine rings is 2. The first-order chi connectivity index (χ1) is 19.1. The van der Waals surface area contributed by atoms with Gasteiger partial charge in [-0.3, -0.25) is 9.78 Å². The Morgan fingerprint density at radius 1 is 0.975 bits per heavy atom. The summed E-state index contributed by atoms with van der Waals surface area (Å²) in [4.78, 5) is 24.1. The van der Waals surface area contributed by atoms with E-state index in [9.17, 15) is 22.4 Å². The van der Waals surface area contributed by atoms with Crippen LogP contribution in [-0.4, -0.2) is 38.1 Å². The SMILES string of the molecule is Cc1ccc(Nc2nc3cc(Oc4ccnc(C(=O)NCC(F)(F)F)c4)ccc3n2C)cc1-c1ccnc(F)c1. The van der Waals surface area contributed by atoms with Crippen LogP contribution in [0, 0.1) is 12.9 Å². The van der Waals surface area contributed by atoms with Crippen molar-refractivity contribution in [2.75, 3.05) is 11.9 Å². The van der Waals surface area contributed by atoms with Crippen LogP contribution in [0.1, 0.15) is 16.1 Å². The van der Waals surface area contributed by atoms with Crippen molar-refractivity contribution >= 4 is 28.6 Å². The summed E-state index contributed by atoms with van der Waals surface area (Å²) in [6, 6.07) is 16.8. The van der Waals surface area contributed by atoms with Crippen molar-refractivity contribution in [2.45, 2.75) is 13.1 Å². The molecular weight excluding hydrogens is 528 g/mol. The van der Waals surface area contributed by atoms with Crippen LogP contribution in [0.15, 0.2) is 73.1 Å². The number of rotatable bonds is 7. The molecule has 40 heavy (non-hydrogen) atoms. The molecule has 0 fully saturated rings. The number of halogens is 4. The monoisotopic (exact) mass is 550 g/mol. The minimum absolute atomic E-state index is 0.209. The van der Waals surface area contributed by atoms with Gasteiger partial charge in [-0.2, -0.15) is 17.6 Å². The fourth-order valence-electron chi connectivity index (χ4n) is 4.07. The van der Waals surface area contributed by atoms with Gasteiger partial charge in [0.15, 0.2) is 0 Å². The molecule has 3 heterocycles. The van der Waals surface area contributed by atoms with Crippen molar-refractivity contribution < 1.29 is 27.1 Å². The number of alkyl halides is 3. The summed E-state index contributed by atoms with van der Waals surface area (Å²) in [5, 5.41) is 5.07. The lowest BCUT2D eigenvalue weighted by atomic mass is 10.0. The third-order valence-electron chi connectivity index (χ3n) is 6.03. The Kier molecular flexibility index (Phi) is 7.07. The van der Waals surface area contributed by atoms with Gasteiger partial charge in [0.05, 0.1) is 11.0 Å². The maximum atomic E-state index is 13.7. The number of nitrogens with one attached hydrogen (secondary N) is 2. The number of amides is 1. The van der Waals surface area contributed by atoms with E-state index < -0.39 is 24.6 Å². The smallest absolute Gasteiger partial charge is 0.405 e. The minimum Gasteiger partial charge on any atom is -0.457 e. The molecule has 8 nitrogen and oxygen atoms in total. The number of ether oxygens (including phenoxy) is 1. The highest BCUT2D eigenvalue weighted by atomic mass is 19.4. The fraction of sp³-hybridized carbons (Fsp3) is 0.143. The molecular formula is C28H22F4N6O2. The molecule has 0 radical (unpaired) electrons. The maximum Gasteiger partial charge on any atom is 0.405 e. The van der Waals surface area contributed by atoms with Gasteiger partial charge in [0.25, 0.3) is 5.91 Å². The molecule has 0 spiro atoms. The lowest BCUT2D eigenvalue weighted by molar-refractivity contribution is -0.123. The molecule has 3 aromatic heterocycles. The summed E-state index contributed by atoms with van der Waals surface area (Å²) in [5.41, 5.74) is 4.49. The second kappa shape index (κ2) is 10.6. The van der Waals surface area contributed by atoms with E-state index in [2.05, 4.69) is 20.3 Å². The average molecular weight is 551 g/mol. The van der Waals surface area contributed by atoms with Crippen LogP contribution >= 0.6 is 0 Å². The van der Waals surface area contributed by atoms with Crippen LogP contribution in [0.25, 0.3) is 22.2 Å². The van der Waals surface area contributed by atoms with Gasteiger partial charge in [-0.15, -0.1) is 0 Å². The number of benzene rings is 2. The van der Waals surface area contributed by atoms with Crippen LogP contribution < -0.4 is 15.4 Å². The molecule has 0 atom stereocenters. The predicted molar refractivity (Wildman–Crippen MR) is 141 cm³/mol. The first-order valence-electron chi connectivity index (χ1n) is 12.0. The van der Waals surface area contributed by atoms with Crippen LogP contribution in [0.2, 0.25) is 0 Å². The van der Waals surface area contributed by atoms with Gasteiger partial charge in [0.2, 0.25) is 11.9 Å². The zero-order valence-electron chi connectivity index (χ0n) is 21.3. The van der Waals surface area contributed by atoms with Gasteiger partial charge in [-0.1, -0.05) is 6.07 Å². The Labute approximate surface area is 225 Å². The second-order valence-corrected chi connectivity index (χ2v) is 8.94. The van der Waals surface area contributed by atoms with Crippen LogP contribution in [0.5, 0.6) is 11.5 Å². The van der Waals surface area contributed by atoms with E-state index in [0.29, 0.717) is 22.8 Å². The normalized spacial score (nSPS) is 11.4. The van der Waals surface area contributed by atoms with Gasteiger partial charge in [-0.05, 0) is 60.0 Å². The number of anilines is 2. The highest BCUT2D eigenvalue weighted by Crippen LogP contribution is 2.31. The Hall–Kier alpha value is -5.00. The zero-order valence-corrected chi connectivity index (χ0v) is 21.3. The summed E-state index contributed by atoms with van der Waals surface area (Å²) < 4.78 is 58.6. The fourth-order valence-corrected chi connectivity index (χ4v) is 4.07. The standard InChI is InChI=1S/C28H22F4N6O2/c1-16-3-4-18(12-21(16)17-7-9-34-25(29)11-17)36-27-37-22-13-19(5-6-24(22)38(27)2)40-20-8-10-33-23(14-20)26(39)35-15-28(30,31)32/h3-14H,15H2,1-2H3,(H,35,39)(H,36,37). The van der Waals surface area contributed by atoms with Crippen LogP contribution in [0.4, 0.5) is 29.2 Å². The highest BCUT2D eigenvalue weighted by Gasteiger charge is 2.28. The van der Waals surface area contributed by atoms with Crippen LogP contribution in [-0.2, 0) is 7.05 Å². The van der Waals surface area contributed by atoms with Crippen molar-refractivity contribution in [1.29, 1.82) is 0 Å². The van der Waals surface area contributed by atoms with Gasteiger partial charge < -0.3 is 19.9 Å². The van der Waals surface area contributed by atoms with Gasteiger partial charge in [0.1, 0.15) is 23.7 Å². The molecule has 2 N–H and O–H groups in total. The molecule has 0 aliphatic carbocycles. The first-order valence-corrected chi connectivity index (χ1v) is 12.0. The van der Waals surface area contributed by atoms with Crippen molar-refractivity contribution in [3.63, 3.8) is 0 Å². The summed E-state index contributed by atoms with van der Waals surface area (Å²) in [7, 11) is 1.85. The van der Waals surface area contributed by atoms with Gasteiger partial charge in [-0.25, -0.2) is 9.97 Å². The lowest BCUT2D eigenvalue weighted by Crippen LogP contribution is -2.34. The molecule has 5 aromatic rings. The summed E-state index contributed by atoms with van der Waals surface area (Å²) in [6.07, 6.45) is -1.84. The Balaban J connectivity index is 1.35. The zero-order chi connectivity index (χ0) is 28.4. The van der Waals surface area contributed by atoms with E-state index >= 15 is 0 Å². The van der Waals surface area contributed by atoms with Crippen LogP contribution in [0.3, 0.4) is 0 Å². The lowest BCUT2D eigenvalue weighted by Gasteiger charge is -2.11. The predicted octanol–water partition coefficient (Wildman–Crippen LogP) is 6.31. The van der Waals surface area contributed by atoms with Gasteiger partial charge in [0, 0.05) is 43.3 Å². The van der Waals surface area contributed by atoms with E-state index in [1.807, 2.05) is 36.7 Å². The second-order valence-electron chi connectivity index (χ2n) is 8.94. The number of aryl methyl sites for hydroxylation is 2. The van der Waals surface area contributed by atoms with E-state index in [4.69, 9.17) is 4.74 Å². The average Bonchev–Trinajstić information content (AvgIpc) is 3.22. The molecule has 0 saturated carbocycles. The number of hydrogen-bond donors (Lipinski definition) is 2. The summed E-state index contributed by atoms with van der Waals surface area (Å²) in [6.45, 7) is 0.478. The molecule has 0 unspecified atom stereocenters. The number of imidazole rings is 1. The highest BCUT2D eigenvalue weighted by molar-refractivity contribution is 5.92. The van der Waals surface area contributed by atoms with E-state index in [1.165, 1.54) is 30.6 Å². The molecule has 5 rings (SSSR count). The van der Waals surface area contributed by atoms with E-state index in [1.54, 1.807) is 29.6 Å². The van der Waals surface area contributed by atoms with E-state index in [-0.39, 0.29) is 11.4 Å². The van der Waals surface area contributed by atoms with Crippen molar-refractivity contribution in [2.24, 2.45) is 7.05 Å². The number of nitrogens with zero attached hydrogens (tertiary/aromatic N) is 4. The molecule has 1 amide bonds. The molecule has 0 aliphatic rings. The Morgan fingerprint density at radius 2 is 1.75 bits per heavy atom. The maximum absolute atomic E-state index is 13.7. The molecule has 12 heteroatoms. The summed E-state index contributed by atoms with van der Waals surface area (Å²) in [5.74, 6) is -0.346. The molecule has 0 saturated heterocycles. The minimum atomic E-state index is -4.53. The number of hydrogen-bond acceptors (Lipinski definition) is 6. The number of carbonyl (C=O) groups is 1. The quantitative estimate of drug-likeness (QED) is 0.182. The molecule has 0 bridgehead atoms. The number of carbonyl (C=O) groups excluding carboxylic acids is 1. The Bertz CT molecular complexity index is 1720. The molecule has 2 aromatic carbocycles. The Morgan fingerprint density at radius 3 is 2.52 bits per heavy atom. The largest absolute Gasteiger partial charge is 0.457 e. The number of fused-ring (bicyclic) bond motifs is 1. The van der Waals surface area contributed by atoms with Crippen molar-refractivity contribution in [3.8, 4) is 22.6 Å². The third kappa shape index (κ3) is 6.01. The van der Waals surface area contributed by atoms with Crippen molar-refractivity contribution in [1.82, 2.24) is 24.8 Å². The first kappa shape index (κ1) is 26.6. The van der Waals surface area contributed by atoms with Crippen molar-refractivity contribution in [3.05, 3.63) is 90.3 Å². The van der Waals surface area contributed by atoms with Gasteiger partial charge >= 0.3 is 6.18 Å².